The lowest BCUT2D eigenvalue weighted by Gasteiger charge is -2.08. The van der Waals surface area contributed by atoms with Gasteiger partial charge in [-0.05, 0) is 35.9 Å². The Kier molecular flexibility index (Phi) is 3.41. The summed E-state index contributed by atoms with van der Waals surface area (Å²) in [6.45, 7) is 0. The minimum atomic E-state index is -0.821. The summed E-state index contributed by atoms with van der Waals surface area (Å²) in [5.74, 6) is 0.119. The molecule has 1 aromatic heterocycles. The Morgan fingerprint density at radius 3 is 2.88 bits per heavy atom. The maximum atomic E-state index is 13.4. The highest BCUT2D eigenvalue weighted by molar-refractivity contribution is 9.10. The first-order chi connectivity index (χ1) is 7.66. The fourth-order valence-corrected chi connectivity index (χ4v) is 1.90. The summed E-state index contributed by atoms with van der Waals surface area (Å²) in [4.78, 5) is 0. The number of aliphatic hydroxyl groups excluding tert-OH is 1. The van der Waals surface area contributed by atoms with Crippen LogP contribution in [0.25, 0.3) is 0 Å². The molecule has 16 heavy (non-hydrogen) atoms. The van der Waals surface area contributed by atoms with Crippen molar-refractivity contribution in [3.8, 4) is 0 Å². The van der Waals surface area contributed by atoms with E-state index in [9.17, 15) is 9.50 Å². The second kappa shape index (κ2) is 4.80. The molecular weight excluding hydrogens is 275 g/mol. The Morgan fingerprint density at radius 1 is 1.38 bits per heavy atom. The van der Waals surface area contributed by atoms with Crippen LogP contribution in [0.1, 0.15) is 17.4 Å². The van der Waals surface area contributed by atoms with E-state index in [1.807, 2.05) is 0 Å². The van der Waals surface area contributed by atoms with Crippen molar-refractivity contribution in [2.45, 2.75) is 12.5 Å². The zero-order valence-corrected chi connectivity index (χ0v) is 9.95. The number of benzene rings is 1. The molecule has 0 saturated heterocycles. The van der Waals surface area contributed by atoms with Gasteiger partial charge in [0.1, 0.15) is 17.7 Å². The first-order valence-corrected chi connectivity index (χ1v) is 5.61. The Morgan fingerprint density at radius 2 is 2.19 bits per heavy atom. The second-order valence-corrected chi connectivity index (χ2v) is 4.39. The Hall–Kier alpha value is -1.13. The van der Waals surface area contributed by atoms with Crippen molar-refractivity contribution in [2.75, 3.05) is 0 Å². The van der Waals surface area contributed by atoms with E-state index in [1.165, 1.54) is 12.3 Å². The van der Waals surface area contributed by atoms with Crippen LogP contribution in [-0.4, -0.2) is 5.11 Å². The van der Waals surface area contributed by atoms with Gasteiger partial charge in [0.25, 0.3) is 0 Å². The molecule has 0 fully saturated rings. The van der Waals surface area contributed by atoms with Crippen molar-refractivity contribution in [1.82, 2.24) is 0 Å². The number of aliphatic hydroxyl groups is 1. The van der Waals surface area contributed by atoms with Crippen LogP contribution < -0.4 is 0 Å². The smallest absolute Gasteiger partial charge is 0.132 e. The van der Waals surface area contributed by atoms with Crippen molar-refractivity contribution in [3.05, 3.63) is 58.2 Å². The number of hydrogen-bond acceptors (Lipinski definition) is 2. The third-order valence-electron chi connectivity index (χ3n) is 2.29. The van der Waals surface area contributed by atoms with Gasteiger partial charge >= 0.3 is 0 Å². The van der Waals surface area contributed by atoms with E-state index in [0.29, 0.717) is 11.3 Å². The van der Waals surface area contributed by atoms with Gasteiger partial charge < -0.3 is 9.52 Å². The SMILES string of the molecule is OC(Cc1cc(Br)ccc1F)c1ccco1. The predicted octanol–water partition coefficient (Wildman–Crippen LogP) is 3.46. The molecule has 0 aliphatic carbocycles. The molecule has 2 rings (SSSR count). The minimum Gasteiger partial charge on any atom is -0.467 e. The molecule has 2 nitrogen and oxygen atoms in total. The van der Waals surface area contributed by atoms with Crippen molar-refractivity contribution in [1.29, 1.82) is 0 Å². The fourth-order valence-electron chi connectivity index (χ4n) is 1.49. The number of rotatable bonds is 3. The summed E-state index contributed by atoms with van der Waals surface area (Å²) >= 11 is 3.26. The zero-order chi connectivity index (χ0) is 11.5. The molecule has 1 aromatic carbocycles. The van der Waals surface area contributed by atoms with Crippen LogP contribution in [0.15, 0.2) is 45.5 Å². The van der Waals surface area contributed by atoms with Crippen LogP contribution in [0.2, 0.25) is 0 Å². The molecule has 0 bridgehead atoms. The van der Waals surface area contributed by atoms with Gasteiger partial charge in [-0.1, -0.05) is 15.9 Å². The van der Waals surface area contributed by atoms with Crippen LogP contribution in [0.3, 0.4) is 0 Å². The van der Waals surface area contributed by atoms with E-state index in [0.717, 1.165) is 4.47 Å². The van der Waals surface area contributed by atoms with Gasteiger partial charge in [0, 0.05) is 10.9 Å². The van der Waals surface area contributed by atoms with Crippen molar-refractivity contribution < 1.29 is 13.9 Å². The first kappa shape index (κ1) is 11.4. The van der Waals surface area contributed by atoms with Gasteiger partial charge in [0.05, 0.1) is 6.26 Å². The van der Waals surface area contributed by atoms with Gasteiger partial charge in [-0.3, -0.25) is 0 Å². The van der Waals surface area contributed by atoms with Gasteiger partial charge in [0.2, 0.25) is 0 Å². The molecule has 0 aliphatic rings. The highest BCUT2D eigenvalue weighted by atomic mass is 79.9. The van der Waals surface area contributed by atoms with Crippen molar-refractivity contribution in [3.63, 3.8) is 0 Å². The summed E-state index contributed by atoms with van der Waals surface area (Å²) in [5, 5.41) is 9.80. The van der Waals surface area contributed by atoms with Gasteiger partial charge in [0.15, 0.2) is 0 Å². The lowest BCUT2D eigenvalue weighted by Crippen LogP contribution is -2.02. The normalized spacial score (nSPS) is 12.7. The predicted molar refractivity (Wildman–Crippen MR) is 61.5 cm³/mol. The molecule has 0 spiro atoms. The molecule has 0 amide bonds. The summed E-state index contributed by atoms with van der Waals surface area (Å²) in [6, 6.07) is 8.00. The van der Waals surface area contributed by atoms with E-state index in [2.05, 4.69) is 15.9 Å². The van der Waals surface area contributed by atoms with Crippen molar-refractivity contribution >= 4 is 15.9 Å². The van der Waals surface area contributed by atoms with E-state index in [4.69, 9.17) is 4.42 Å². The molecular formula is C12H10BrFO2. The third-order valence-corrected chi connectivity index (χ3v) is 2.79. The molecule has 1 heterocycles. The topological polar surface area (TPSA) is 33.4 Å². The van der Waals surface area contributed by atoms with Gasteiger partial charge in [-0.25, -0.2) is 4.39 Å². The van der Waals surface area contributed by atoms with Crippen LogP contribution in [0, 0.1) is 5.82 Å². The quantitative estimate of drug-likeness (QED) is 0.937. The van der Waals surface area contributed by atoms with Crippen LogP contribution >= 0.6 is 15.9 Å². The van der Waals surface area contributed by atoms with E-state index in [-0.39, 0.29) is 12.2 Å². The molecule has 2 aromatic rings. The number of furan rings is 1. The average molecular weight is 285 g/mol. The molecule has 0 radical (unpaired) electrons. The summed E-state index contributed by atoms with van der Waals surface area (Å²) in [6.07, 6.45) is 0.855. The number of halogens is 2. The maximum Gasteiger partial charge on any atom is 0.132 e. The average Bonchev–Trinajstić information content (AvgIpc) is 2.76. The highest BCUT2D eigenvalue weighted by Gasteiger charge is 2.14. The summed E-state index contributed by atoms with van der Waals surface area (Å²) in [7, 11) is 0. The van der Waals surface area contributed by atoms with Gasteiger partial charge in [-0.2, -0.15) is 0 Å². The highest BCUT2D eigenvalue weighted by Crippen LogP contribution is 2.22. The molecule has 1 atom stereocenters. The Balaban J connectivity index is 2.17. The molecule has 0 saturated carbocycles. The monoisotopic (exact) mass is 284 g/mol. The third kappa shape index (κ3) is 2.51. The molecule has 1 unspecified atom stereocenters. The van der Waals surface area contributed by atoms with E-state index < -0.39 is 6.10 Å². The van der Waals surface area contributed by atoms with E-state index in [1.54, 1.807) is 24.3 Å². The molecule has 0 aliphatic heterocycles. The molecule has 1 N–H and O–H groups in total. The summed E-state index contributed by atoms with van der Waals surface area (Å²) < 4.78 is 19.3. The molecule has 84 valence electrons. The first-order valence-electron chi connectivity index (χ1n) is 4.82. The lowest BCUT2D eigenvalue weighted by atomic mass is 10.1. The van der Waals surface area contributed by atoms with E-state index >= 15 is 0 Å². The minimum absolute atomic E-state index is 0.193. The molecule has 4 heteroatoms. The Labute approximate surface area is 101 Å². The van der Waals surface area contributed by atoms with Crippen molar-refractivity contribution in [2.24, 2.45) is 0 Å². The summed E-state index contributed by atoms with van der Waals surface area (Å²) in [5.41, 5.74) is 0.457. The fraction of sp³-hybridized carbons (Fsp3) is 0.167. The lowest BCUT2D eigenvalue weighted by molar-refractivity contribution is 0.149. The maximum absolute atomic E-state index is 13.4. The number of hydrogen-bond donors (Lipinski definition) is 1. The van der Waals surface area contributed by atoms with Crippen LogP contribution in [0.4, 0.5) is 4.39 Å². The van der Waals surface area contributed by atoms with Crippen LogP contribution in [-0.2, 0) is 6.42 Å². The van der Waals surface area contributed by atoms with Crippen LogP contribution in [0.5, 0.6) is 0 Å². The zero-order valence-electron chi connectivity index (χ0n) is 8.36. The Bertz CT molecular complexity index is 468. The largest absolute Gasteiger partial charge is 0.467 e. The second-order valence-electron chi connectivity index (χ2n) is 3.47. The standard InChI is InChI=1S/C12H10BrFO2/c13-9-3-4-10(14)8(6-9)7-11(15)12-2-1-5-16-12/h1-6,11,15H,7H2. The van der Waals surface area contributed by atoms with Gasteiger partial charge in [-0.15, -0.1) is 0 Å².